The van der Waals surface area contributed by atoms with E-state index in [4.69, 9.17) is 4.74 Å². The second kappa shape index (κ2) is 10.1. The van der Waals surface area contributed by atoms with Crippen LogP contribution in [-0.2, 0) is 5.41 Å². The van der Waals surface area contributed by atoms with Crippen LogP contribution < -0.4 is 4.74 Å². The lowest BCUT2D eigenvalue weighted by atomic mass is 9.66. The Balaban J connectivity index is 1.19. The van der Waals surface area contributed by atoms with E-state index in [-0.39, 0.29) is 0 Å². The van der Waals surface area contributed by atoms with Gasteiger partial charge in [0, 0.05) is 44.0 Å². The van der Waals surface area contributed by atoms with E-state index in [1.807, 2.05) is 0 Å². The van der Waals surface area contributed by atoms with E-state index in [1.54, 1.807) is 0 Å². The van der Waals surface area contributed by atoms with Crippen molar-refractivity contribution in [3.05, 3.63) is 204 Å². The van der Waals surface area contributed by atoms with E-state index in [9.17, 15) is 0 Å². The SMILES string of the molecule is c1ccc(-n2c3ccccc3c3cc(-n4c5ccccc5c5cc6c(cc54)C4(c5ccccc5O6)c5ccccc5-c5ccccc54)ccc32)cc1. The van der Waals surface area contributed by atoms with E-state index >= 15 is 0 Å². The van der Waals surface area contributed by atoms with Crippen LogP contribution in [0.3, 0.4) is 0 Å². The molecule has 0 atom stereocenters. The summed E-state index contributed by atoms with van der Waals surface area (Å²) in [5.74, 6) is 1.81. The van der Waals surface area contributed by atoms with Crippen molar-refractivity contribution in [1.82, 2.24) is 9.13 Å². The number of hydrogen-bond donors (Lipinski definition) is 0. The lowest BCUT2D eigenvalue weighted by Crippen LogP contribution is -2.32. The number of hydrogen-bond acceptors (Lipinski definition) is 1. The van der Waals surface area contributed by atoms with Crippen LogP contribution in [0.4, 0.5) is 0 Å². The Hall–Kier alpha value is -6.84. The topological polar surface area (TPSA) is 19.1 Å². The van der Waals surface area contributed by atoms with Gasteiger partial charge in [0.15, 0.2) is 0 Å². The molecular formula is C49H30N2O. The van der Waals surface area contributed by atoms with Crippen molar-refractivity contribution in [2.75, 3.05) is 0 Å². The number of benzene rings is 8. The average molecular weight is 663 g/mol. The first kappa shape index (κ1) is 27.9. The van der Waals surface area contributed by atoms with Crippen molar-refractivity contribution >= 4 is 43.6 Å². The summed E-state index contributed by atoms with van der Waals surface area (Å²) in [6, 6.07) is 66.4. The number of aromatic nitrogens is 2. The summed E-state index contributed by atoms with van der Waals surface area (Å²) in [6.45, 7) is 0. The van der Waals surface area contributed by atoms with Crippen molar-refractivity contribution in [3.63, 3.8) is 0 Å². The smallest absolute Gasteiger partial charge is 0.133 e. The van der Waals surface area contributed by atoms with Gasteiger partial charge in [0.25, 0.3) is 0 Å². The molecule has 3 heteroatoms. The van der Waals surface area contributed by atoms with Gasteiger partial charge in [0.05, 0.1) is 27.5 Å². The summed E-state index contributed by atoms with van der Waals surface area (Å²) in [4.78, 5) is 0. The molecular weight excluding hydrogens is 633 g/mol. The molecule has 52 heavy (non-hydrogen) atoms. The summed E-state index contributed by atoms with van der Waals surface area (Å²) in [6.07, 6.45) is 0. The summed E-state index contributed by atoms with van der Waals surface area (Å²) >= 11 is 0. The fourth-order valence-corrected chi connectivity index (χ4v) is 9.55. The molecule has 0 radical (unpaired) electrons. The quantitative estimate of drug-likeness (QED) is 0.180. The third-order valence-corrected chi connectivity index (χ3v) is 11.6. The number of fused-ring (bicyclic) bond motifs is 15. The first-order valence-electron chi connectivity index (χ1n) is 17.9. The van der Waals surface area contributed by atoms with Crippen LogP contribution >= 0.6 is 0 Å². The molecule has 0 unspecified atom stereocenters. The van der Waals surface area contributed by atoms with Gasteiger partial charge in [-0.25, -0.2) is 0 Å². The van der Waals surface area contributed by atoms with Crippen LogP contribution in [0.5, 0.6) is 11.5 Å². The third-order valence-electron chi connectivity index (χ3n) is 11.6. The molecule has 2 aromatic heterocycles. The van der Waals surface area contributed by atoms with E-state index in [1.165, 1.54) is 71.5 Å². The fourth-order valence-electron chi connectivity index (χ4n) is 9.55. The molecule has 10 aromatic rings. The van der Waals surface area contributed by atoms with Crippen molar-refractivity contribution < 1.29 is 4.74 Å². The molecule has 3 heterocycles. The maximum atomic E-state index is 6.90. The van der Waals surface area contributed by atoms with Gasteiger partial charge >= 0.3 is 0 Å². The van der Waals surface area contributed by atoms with E-state index < -0.39 is 5.41 Å². The zero-order valence-electron chi connectivity index (χ0n) is 28.1. The van der Waals surface area contributed by atoms with Gasteiger partial charge in [-0.2, -0.15) is 0 Å². The van der Waals surface area contributed by atoms with Crippen LogP contribution in [0.25, 0.3) is 66.1 Å². The van der Waals surface area contributed by atoms with Crippen LogP contribution in [0, 0.1) is 0 Å². The van der Waals surface area contributed by atoms with E-state index in [0.29, 0.717) is 0 Å². The first-order valence-corrected chi connectivity index (χ1v) is 17.9. The summed E-state index contributed by atoms with van der Waals surface area (Å²) < 4.78 is 11.7. The summed E-state index contributed by atoms with van der Waals surface area (Å²) in [5.41, 5.74) is 14.0. The minimum Gasteiger partial charge on any atom is -0.457 e. The van der Waals surface area contributed by atoms with Crippen LogP contribution in [-0.4, -0.2) is 9.13 Å². The molecule has 2 aliphatic rings. The minimum atomic E-state index is -0.528. The lowest BCUT2D eigenvalue weighted by Gasteiger charge is -2.39. The van der Waals surface area contributed by atoms with Gasteiger partial charge in [-0.3, -0.25) is 0 Å². The lowest BCUT2D eigenvalue weighted by molar-refractivity contribution is 0.437. The monoisotopic (exact) mass is 662 g/mol. The maximum Gasteiger partial charge on any atom is 0.133 e. The average Bonchev–Trinajstić information content (AvgIpc) is 3.82. The third kappa shape index (κ3) is 3.45. The molecule has 242 valence electrons. The second-order valence-electron chi connectivity index (χ2n) is 14.0. The molecule has 12 rings (SSSR count). The predicted octanol–water partition coefficient (Wildman–Crippen LogP) is 12.3. The van der Waals surface area contributed by atoms with Crippen molar-refractivity contribution in [1.29, 1.82) is 0 Å². The summed E-state index contributed by atoms with van der Waals surface area (Å²) in [5, 5.41) is 4.85. The molecule has 0 amide bonds. The number of nitrogens with zero attached hydrogens (tertiary/aromatic N) is 2. The maximum absolute atomic E-state index is 6.90. The van der Waals surface area contributed by atoms with Crippen LogP contribution in [0.2, 0.25) is 0 Å². The molecule has 3 nitrogen and oxygen atoms in total. The molecule has 0 N–H and O–H groups in total. The number of rotatable bonds is 2. The standard InChI is InChI=1S/C49H30N2O/c1-2-14-31(15-3-1)50-43-23-11-6-18-35(43)37-28-32(26-27-45(37)50)51-44-24-12-7-19-36(44)38-29-48-42(30-46(38)51)49(41-22-10-13-25-47(41)52-48)39-20-8-4-16-33(39)34-17-5-9-21-40(34)49/h1-30H. The molecule has 1 aliphatic heterocycles. The molecule has 1 aliphatic carbocycles. The van der Waals surface area contributed by atoms with Crippen LogP contribution in [0.15, 0.2) is 182 Å². The molecule has 0 fully saturated rings. The minimum absolute atomic E-state index is 0.528. The predicted molar refractivity (Wildman–Crippen MR) is 212 cm³/mol. The fraction of sp³-hybridized carbons (Fsp3) is 0.0204. The van der Waals surface area contributed by atoms with Crippen molar-refractivity contribution in [3.8, 4) is 34.0 Å². The van der Waals surface area contributed by atoms with Crippen LogP contribution in [0.1, 0.15) is 22.3 Å². The number of ether oxygens (including phenoxy) is 1. The second-order valence-corrected chi connectivity index (χ2v) is 14.0. The van der Waals surface area contributed by atoms with E-state index in [2.05, 4.69) is 191 Å². The molecule has 0 saturated carbocycles. The Kier molecular flexibility index (Phi) is 5.43. The van der Waals surface area contributed by atoms with Gasteiger partial charge in [0.2, 0.25) is 0 Å². The zero-order chi connectivity index (χ0) is 34.0. The molecule has 0 bridgehead atoms. The van der Waals surface area contributed by atoms with Crippen molar-refractivity contribution in [2.45, 2.75) is 5.41 Å². The van der Waals surface area contributed by atoms with Gasteiger partial charge in [-0.15, -0.1) is 0 Å². The molecule has 0 saturated heterocycles. The number of para-hydroxylation sites is 4. The van der Waals surface area contributed by atoms with Gasteiger partial charge in [-0.05, 0) is 82.9 Å². The highest BCUT2D eigenvalue weighted by molar-refractivity contribution is 6.13. The Morgan fingerprint density at radius 2 is 0.865 bits per heavy atom. The summed E-state index contributed by atoms with van der Waals surface area (Å²) in [7, 11) is 0. The highest BCUT2D eigenvalue weighted by Gasteiger charge is 2.51. The van der Waals surface area contributed by atoms with Gasteiger partial charge in [0.1, 0.15) is 11.5 Å². The normalized spacial score (nSPS) is 13.7. The Labute approximate surface area is 300 Å². The Morgan fingerprint density at radius 1 is 0.327 bits per heavy atom. The van der Waals surface area contributed by atoms with E-state index in [0.717, 1.165) is 28.4 Å². The zero-order valence-corrected chi connectivity index (χ0v) is 28.1. The first-order chi connectivity index (χ1) is 25.8. The van der Waals surface area contributed by atoms with Crippen molar-refractivity contribution in [2.24, 2.45) is 0 Å². The Bertz CT molecular complexity index is 3060. The van der Waals surface area contributed by atoms with Gasteiger partial charge in [-0.1, -0.05) is 121 Å². The molecule has 8 aromatic carbocycles. The Morgan fingerprint density at radius 3 is 1.58 bits per heavy atom. The highest BCUT2D eigenvalue weighted by Crippen LogP contribution is 2.62. The largest absolute Gasteiger partial charge is 0.457 e. The molecule has 1 spiro atoms. The van der Waals surface area contributed by atoms with Gasteiger partial charge < -0.3 is 13.9 Å². The highest BCUT2D eigenvalue weighted by atomic mass is 16.5.